The second kappa shape index (κ2) is 6.36. The normalized spacial score (nSPS) is 21.6. The Morgan fingerprint density at radius 2 is 2.18 bits per heavy atom. The molecule has 1 heterocycles. The Labute approximate surface area is 107 Å². The minimum absolute atomic E-state index is 0.0483. The molecule has 0 saturated carbocycles. The highest BCUT2D eigenvalue weighted by Gasteiger charge is 2.18. The molecule has 0 aliphatic carbocycles. The number of nitrogens with two attached hydrogens (primary N) is 1. The summed E-state index contributed by atoms with van der Waals surface area (Å²) >= 11 is 5.85. The molecular formula is C13H18ClNO2. The average Bonchev–Trinajstić information content (AvgIpc) is 2.85. The first-order valence-corrected chi connectivity index (χ1v) is 6.32. The fraction of sp³-hybridized carbons (Fsp3) is 0.538. The second-order valence-corrected chi connectivity index (χ2v) is 4.78. The Morgan fingerprint density at radius 3 is 2.76 bits per heavy atom. The van der Waals surface area contributed by atoms with Crippen molar-refractivity contribution in [2.45, 2.75) is 12.5 Å². The molecular weight excluding hydrogens is 238 g/mol. The summed E-state index contributed by atoms with van der Waals surface area (Å²) in [6.07, 6.45) is 1.03. The van der Waals surface area contributed by atoms with Crippen molar-refractivity contribution in [3.8, 4) is 0 Å². The Bertz CT molecular complexity index is 336. The maximum absolute atomic E-state index is 5.85. The lowest BCUT2D eigenvalue weighted by Crippen LogP contribution is -2.19. The van der Waals surface area contributed by atoms with Crippen LogP contribution in [0.5, 0.6) is 0 Å². The molecule has 2 atom stereocenters. The van der Waals surface area contributed by atoms with E-state index < -0.39 is 0 Å². The van der Waals surface area contributed by atoms with Gasteiger partial charge in [0.2, 0.25) is 0 Å². The van der Waals surface area contributed by atoms with Gasteiger partial charge in [0.15, 0.2) is 0 Å². The number of ether oxygens (including phenoxy) is 2. The van der Waals surface area contributed by atoms with Crippen LogP contribution in [0.4, 0.5) is 0 Å². The number of hydrogen-bond donors (Lipinski definition) is 1. The monoisotopic (exact) mass is 255 g/mol. The van der Waals surface area contributed by atoms with Crippen molar-refractivity contribution in [2.75, 3.05) is 26.4 Å². The fourth-order valence-corrected chi connectivity index (χ4v) is 2.07. The van der Waals surface area contributed by atoms with Crippen molar-refractivity contribution in [2.24, 2.45) is 11.7 Å². The van der Waals surface area contributed by atoms with Gasteiger partial charge in [0.25, 0.3) is 0 Å². The van der Waals surface area contributed by atoms with Crippen molar-refractivity contribution in [3.63, 3.8) is 0 Å². The molecule has 2 unspecified atom stereocenters. The minimum Gasteiger partial charge on any atom is -0.381 e. The Morgan fingerprint density at radius 1 is 1.41 bits per heavy atom. The zero-order valence-corrected chi connectivity index (χ0v) is 10.5. The van der Waals surface area contributed by atoms with Gasteiger partial charge in [-0.25, -0.2) is 0 Å². The van der Waals surface area contributed by atoms with Crippen LogP contribution in [0, 0.1) is 5.92 Å². The molecule has 4 heteroatoms. The zero-order chi connectivity index (χ0) is 12.1. The summed E-state index contributed by atoms with van der Waals surface area (Å²) in [5, 5.41) is 0.730. The summed E-state index contributed by atoms with van der Waals surface area (Å²) in [7, 11) is 0. The van der Waals surface area contributed by atoms with Crippen molar-refractivity contribution >= 4 is 11.6 Å². The summed E-state index contributed by atoms with van der Waals surface area (Å²) in [6, 6.07) is 7.65. The van der Waals surface area contributed by atoms with Gasteiger partial charge in [-0.3, -0.25) is 0 Å². The molecule has 0 spiro atoms. The maximum Gasteiger partial charge on any atom is 0.0947 e. The predicted molar refractivity (Wildman–Crippen MR) is 68.1 cm³/mol. The van der Waals surface area contributed by atoms with Gasteiger partial charge in [-0.2, -0.15) is 0 Å². The summed E-state index contributed by atoms with van der Waals surface area (Å²) in [5.41, 5.74) is 6.82. The van der Waals surface area contributed by atoms with Gasteiger partial charge in [0, 0.05) is 24.1 Å². The lowest BCUT2D eigenvalue weighted by molar-refractivity contribution is 0.0302. The molecule has 0 bridgehead atoms. The SMILES string of the molecule is NCC(OCC1CCOC1)c1ccc(Cl)cc1. The van der Waals surface area contributed by atoms with Gasteiger partial charge in [0.05, 0.1) is 19.3 Å². The van der Waals surface area contributed by atoms with Gasteiger partial charge in [-0.05, 0) is 24.1 Å². The van der Waals surface area contributed by atoms with Gasteiger partial charge in [-0.15, -0.1) is 0 Å². The van der Waals surface area contributed by atoms with Gasteiger partial charge < -0.3 is 15.2 Å². The van der Waals surface area contributed by atoms with Crippen LogP contribution in [0.2, 0.25) is 5.02 Å². The van der Waals surface area contributed by atoms with Crippen molar-refractivity contribution < 1.29 is 9.47 Å². The van der Waals surface area contributed by atoms with Gasteiger partial charge in [0.1, 0.15) is 0 Å². The quantitative estimate of drug-likeness (QED) is 0.879. The molecule has 17 heavy (non-hydrogen) atoms. The highest BCUT2D eigenvalue weighted by atomic mass is 35.5. The summed E-state index contributed by atoms with van der Waals surface area (Å²) in [5.74, 6) is 0.511. The Kier molecular flexibility index (Phi) is 4.80. The summed E-state index contributed by atoms with van der Waals surface area (Å²) in [6.45, 7) is 2.85. The van der Waals surface area contributed by atoms with E-state index in [0.29, 0.717) is 19.1 Å². The minimum atomic E-state index is -0.0483. The molecule has 1 aromatic carbocycles. The first kappa shape index (κ1) is 12.8. The van der Waals surface area contributed by atoms with Crippen LogP contribution in [0.25, 0.3) is 0 Å². The van der Waals surface area contributed by atoms with E-state index >= 15 is 0 Å². The third kappa shape index (κ3) is 3.68. The Hall–Kier alpha value is -0.610. The largest absolute Gasteiger partial charge is 0.381 e. The molecule has 0 amide bonds. The van der Waals surface area contributed by atoms with E-state index in [1.54, 1.807) is 0 Å². The highest BCUT2D eigenvalue weighted by Crippen LogP contribution is 2.21. The summed E-state index contributed by atoms with van der Waals surface area (Å²) in [4.78, 5) is 0. The molecule has 0 aromatic heterocycles. The van der Waals surface area contributed by atoms with Crippen LogP contribution in [0.1, 0.15) is 18.1 Å². The number of benzene rings is 1. The van der Waals surface area contributed by atoms with E-state index in [9.17, 15) is 0 Å². The number of rotatable bonds is 5. The van der Waals surface area contributed by atoms with Crippen LogP contribution in [0.3, 0.4) is 0 Å². The van der Waals surface area contributed by atoms with E-state index in [-0.39, 0.29) is 6.10 Å². The lowest BCUT2D eigenvalue weighted by Gasteiger charge is -2.18. The third-order valence-electron chi connectivity index (χ3n) is 3.01. The van der Waals surface area contributed by atoms with Crippen LogP contribution in [-0.4, -0.2) is 26.4 Å². The van der Waals surface area contributed by atoms with Gasteiger partial charge >= 0.3 is 0 Å². The predicted octanol–water partition coefficient (Wildman–Crippen LogP) is 2.39. The molecule has 1 aliphatic heterocycles. The lowest BCUT2D eigenvalue weighted by atomic mass is 10.1. The van der Waals surface area contributed by atoms with E-state index in [1.165, 1.54) is 0 Å². The highest BCUT2D eigenvalue weighted by molar-refractivity contribution is 6.30. The molecule has 1 fully saturated rings. The zero-order valence-electron chi connectivity index (χ0n) is 9.77. The first-order chi connectivity index (χ1) is 8.29. The van der Waals surface area contributed by atoms with Crippen LogP contribution < -0.4 is 5.73 Å². The third-order valence-corrected chi connectivity index (χ3v) is 3.26. The van der Waals surface area contributed by atoms with Crippen LogP contribution >= 0.6 is 11.6 Å². The standard InChI is InChI=1S/C13H18ClNO2/c14-12-3-1-11(2-4-12)13(7-15)17-9-10-5-6-16-8-10/h1-4,10,13H,5-9,15H2. The average molecular weight is 256 g/mol. The molecule has 2 rings (SSSR count). The first-order valence-electron chi connectivity index (χ1n) is 5.94. The maximum atomic E-state index is 5.85. The topological polar surface area (TPSA) is 44.5 Å². The second-order valence-electron chi connectivity index (χ2n) is 4.34. The van der Waals surface area contributed by atoms with Crippen LogP contribution in [0.15, 0.2) is 24.3 Å². The molecule has 1 aromatic rings. The molecule has 0 radical (unpaired) electrons. The number of halogens is 1. The van der Waals surface area contributed by atoms with E-state index in [1.807, 2.05) is 24.3 Å². The van der Waals surface area contributed by atoms with E-state index in [2.05, 4.69) is 0 Å². The van der Waals surface area contributed by atoms with Crippen molar-refractivity contribution in [1.29, 1.82) is 0 Å². The molecule has 94 valence electrons. The summed E-state index contributed by atoms with van der Waals surface area (Å²) < 4.78 is 11.2. The molecule has 1 aliphatic rings. The number of hydrogen-bond acceptors (Lipinski definition) is 3. The van der Waals surface area contributed by atoms with Gasteiger partial charge in [-0.1, -0.05) is 23.7 Å². The van der Waals surface area contributed by atoms with E-state index in [0.717, 1.165) is 30.2 Å². The van der Waals surface area contributed by atoms with E-state index in [4.69, 9.17) is 26.8 Å². The smallest absolute Gasteiger partial charge is 0.0947 e. The van der Waals surface area contributed by atoms with Crippen LogP contribution in [-0.2, 0) is 9.47 Å². The molecule has 2 N–H and O–H groups in total. The van der Waals surface area contributed by atoms with Crippen molar-refractivity contribution in [3.05, 3.63) is 34.9 Å². The van der Waals surface area contributed by atoms with Crippen molar-refractivity contribution in [1.82, 2.24) is 0 Å². The molecule has 3 nitrogen and oxygen atoms in total. The molecule has 1 saturated heterocycles. The Balaban J connectivity index is 1.89. The fourth-order valence-electron chi connectivity index (χ4n) is 1.94.